The number of nitrogens with zero attached hydrogens (tertiary/aromatic N) is 1. The highest BCUT2D eigenvalue weighted by molar-refractivity contribution is 7.45. The van der Waals surface area contributed by atoms with Crippen molar-refractivity contribution in [3.63, 3.8) is 0 Å². The molecule has 0 fully saturated rings. The molecule has 1 aromatic carbocycles. The monoisotopic (exact) mass is 290 g/mol. The highest BCUT2D eigenvalue weighted by atomic mass is 31.2. The number of hydrogen-bond donors (Lipinski definition) is 3. The summed E-state index contributed by atoms with van der Waals surface area (Å²) in [5.74, 6) is 0. The lowest BCUT2D eigenvalue weighted by Crippen LogP contribution is -2.46. The van der Waals surface area contributed by atoms with Crippen LogP contribution in [-0.2, 0) is 11.1 Å². The van der Waals surface area contributed by atoms with E-state index in [4.69, 9.17) is 19.2 Å². The molecule has 19 heavy (non-hydrogen) atoms. The van der Waals surface area contributed by atoms with Crippen LogP contribution in [0.25, 0.3) is 0 Å². The van der Waals surface area contributed by atoms with Crippen LogP contribution >= 0.6 is 7.82 Å². The standard InChI is InChI=1S/C13H22N.H3O4P/c1-4-14(5-2,6-3)12-13-10-8-7-9-11-13;1-5(2,3)4/h7-11H,4-6,12H2,1-3H3;(H3,1,2,3,4)/q+1;. The van der Waals surface area contributed by atoms with Gasteiger partial charge in [-0.15, -0.1) is 0 Å². The molecule has 5 nitrogen and oxygen atoms in total. The van der Waals surface area contributed by atoms with Gasteiger partial charge in [-0.2, -0.15) is 0 Å². The fourth-order valence-corrected chi connectivity index (χ4v) is 1.98. The smallest absolute Gasteiger partial charge is 0.321 e. The fourth-order valence-electron chi connectivity index (χ4n) is 1.98. The van der Waals surface area contributed by atoms with E-state index in [1.807, 2.05) is 0 Å². The van der Waals surface area contributed by atoms with Crippen LogP contribution in [0.2, 0.25) is 0 Å². The molecule has 0 heterocycles. The summed E-state index contributed by atoms with van der Waals surface area (Å²) in [6, 6.07) is 10.8. The maximum atomic E-state index is 8.88. The molecule has 1 rings (SSSR count). The van der Waals surface area contributed by atoms with Crippen LogP contribution in [0.4, 0.5) is 0 Å². The van der Waals surface area contributed by atoms with Gasteiger partial charge in [-0.3, -0.25) is 0 Å². The first-order valence-corrected chi connectivity index (χ1v) is 8.00. The van der Waals surface area contributed by atoms with Crippen molar-refractivity contribution in [3.8, 4) is 0 Å². The SMILES string of the molecule is CC[N+](CC)(CC)Cc1ccccc1.O=P(O)(O)O. The maximum Gasteiger partial charge on any atom is 0.466 e. The molecule has 6 heteroatoms. The molecule has 0 spiro atoms. The summed E-state index contributed by atoms with van der Waals surface area (Å²) in [7, 11) is -4.64. The molecule has 0 amide bonds. The van der Waals surface area contributed by atoms with Gasteiger partial charge in [0.15, 0.2) is 0 Å². The lowest BCUT2D eigenvalue weighted by Gasteiger charge is -2.35. The Morgan fingerprint density at radius 3 is 1.63 bits per heavy atom. The molecular formula is C13H25NO4P+. The van der Waals surface area contributed by atoms with E-state index in [0.29, 0.717) is 0 Å². The van der Waals surface area contributed by atoms with Crippen molar-refractivity contribution in [2.45, 2.75) is 27.3 Å². The Labute approximate surface area is 115 Å². The van der Waals surface area contributed by atoms with Gasteiger partial charge < -0.3 is 19.2 Å². The quantitative estimate of drug-likeness (QED) is 0.573. The lowest BCUT2D eigenvalue weighted by molar-refractivity contribution is -0.936. The summed E-state index contributed by atoms with van der Waals surface area (Å²) in [6.45, 7) is 11.7. The fraction of sp³-hybridized carbons (Fsp3) is 0.538. The van der Waals surface area contributed by atoms with E-state index in [1.165, 1.54) is 36.2 Å². The van der Waals surface area contributed by atoms with Crippen molar-refractivity contribution >= 4 is 7.82 Å². The zero-order valence-electron chi connectivity index (χ0n) is 11.9. The zero-order valence-corrected chi connectivity index (χ0v) is 12.8. The average Bonchev–Trinajstić information content (AvgIpc) is 2.35. The predicted octanol–water partition coefficient (Wildman–Crippen LogP) is 2.13. The highest BCUT2D eigenvalue weighted by Gasteiger charge is 2.20. The van der Waals surface area contributed by atoms with Gasteiger partial charge in [0, 0.05) is 5.56 Å². The van der Waals surface area contributed by atoms with Crippen LogP contribution < -0.4 is 0 Å². The van der Waals surface area contributed by atoms with Gasteiger partial charge in [-0.1, -0.05) is 30.3 Å². The molecule has 0 saturated heterocycles. The first-order valence-electron chi connectivity index (χ1n) is 6.43. The summed E-state index contributed by atoms with van der Waals surface area (Å²) in [5.41, 5.74) is 1.46. The van der Waals surface area contributed by atoms with Crippen LogP contribution in [0.3, 0.4) is 0 Å². The van der Waals surface area contributed by atoms with Crippen LogP contribution in [0, 0.1) is 0 Å². The minimum atomic E-state index is -4.64. The summed E-state index contributed by atoms with van der Waals surface area (Å²) in [6.07, 6.45) is 0. The zero-order chi connectivity index (χ0) is 14.9. The molecule has 0 aromatic heterocycles. The van der Waals surface area contributed by atoms with Gasteiger partial charge in [0.25, 0.3) is 0 Å². The Balaban J connectivity index is 0.000000555. The number of quaternary nitrogens is 1. The second-order valence-corrected chi connectivity index (χ2v) is 5.47. The van der Waals surface area contributed by atoms with Crippen LogP contribution in [0.15, 0.2) is 30.3 Å². The number of phosphoric acid groups is 1. The highest BCUT2D eigenvalue weighted by Crippen LogP contribution is 2.25. The topological polar surface area (TPSA) is 77.8 Å². The molecule has 0 bridgehead atoms. The van der Waals surface area contributed by atoms with Gasteiger partial charge in [-0.05, 0) is 20.8 Å². The van der Waals surface area contributed by atoms with Crippen molar-refractivity contribution in [2.24, 2.45) is 0 Å². The number of rotatable bonds is 5. The van der Waals surface area contributed by atoms with Crippen molar-refractivity contribution in [1.29, 1.82) is 0 Å². The van der Waals surface area contributed by atoms with Gasteiger partial charge in [0.05, 0.1) is 19.6 Å². The Bertz CT molecular complexity index is 370. The third-order valence-electron chi connectivity index (χ3n) is 3.37. The lowest BCUT2D eigenvalue weighted by atomic mass is 10.2. The Morgan fingerprint density at radius 1 is 0.947 bits per heavy atom. The van der Waals surface area contributed by atoms with Crippen LogP contribution in [-0.4, -0.2) is 38.8 Å². The van der Waals surface area contributed by atoms with E-state index in [0.717, 1.165) is 0 Å². The van der Waals surface area contributed by atoms with Gasteiger partial charge >= 0.3 is 7.82 Å². The Morgan fingerprint density at radius 2 is 1.32 bits per heavy atom. The number of benzene rings is 1. The van der Waals surface area contributed by atoms with E-state index in [2.05, 4.69) is 51.1 Å². The molecule has 0 aliphatic rings. The third-order valence-corrected chi connectivity index (χ3v) is 3.37. The maximum absolute atomic E-state index is 8.88. The Kier molecular flexibility index (Phi) is 8.14. The van der Waals surface area contributed by atoms with Crippen molar-refractivity contribution in [3.05, 3.63) is 35.9 Å². The molecular weight excluding hydrogens is 265 g/mol. The average molecular weight is 290 g/mol. The first-order chi connectivity index (χ1) is 8.76. The molecule has 0 atom stereocenters. The van der Waals surface area contributed by atoms with Gasteiger partial charge in [0.1, 0.15) is 6.54 Å². The molecule has 0 unspecified atom stereocenters. The minimum absolute atomic E-state index is 1.17. The molecule has 0 saturated carbocycles. The molecule has 0 radical (unpaired) electrons. The van der Waals surface area contributed by atoms with E-state index in [1.54, 1.807) is 0 Å². The molecule has 3 N–H and O–H groups in total. The second kappa shape index (κ2) is 8.46. The molecule has 0 aliphatic heterocycles. The van der Waals surface area contributed by atoms with E-state index < -0.39 is 7.82 Å². The first kappa shape index (κ1) is 18.3. The third kappa shape index (κ3) is 8.92. The number of hydrogen-bond acceptors (Lipinski definition) is 1. The van der Waals surface area contributed by atoms with Crippen molar-refractivity contribution in [2.75, 3.05) is 19.6 Å². The van der Waals surface area contributed by atoms with Crippen LogP contribution in [0.1, 0.15) is 26.3 Å². The predicted molar refractivity (Wildman–Crippen MR) is 76.3 cm³/mol. The van der Waals surface area contributed by atoms with Gasteiger partial charge in [0.2, 0.25) is 0 Å². The van der Waals surface area contributed by atoms with Crippen molar-refractivity contribution in [1.82, 2.24) is 0 Å². The molecule has 1 aromatic rings. The van der Waals surface area contributed by atoms with E-state index in [-0.39, 0.29) is 0 Å². The second-order valence-electron chi connectivity index (χ2n) is 4.45. The largest absolute Gasteiger partial charge is 0.466 e. The summed E-state index contributed by atoms with van der Waals surface area (Å²) in [4.78, 5) is 21.6. The normalized spacial score (nSPS) is 11.7. The molecule has 0 aliphatic carbocycles. The van der Waals surface area contributed by atoms with Gasteiger partial charge in [-0.25, -0.2) is 4.57 Å². The summed E-state index contributed by atoms with van der Waals surface area (Å²) in [5, 5.41) is 0. The molecule has 110 valence electrons. The summed E-state index contributed by atoms with van der Waals surface area (Å²) < 4.78 is 10.1. The van der Waals surface area contributed by atoms with Crippen LogP contribution in [0.5, 0.6) is 0 Å². The van der Waals surface area contributed by atoms with Crippen molar-refractivity contribution < 1.29 is 23.7 Å². The van der Waals surface area contributed by atoms with E-state index in [9.17, 15) is 0 Å². The summed E-state index contributed by atoms with van der Waals surface area (Å²) >= 11 is 0. The Hall–Kier alpha value is -0.710. The van der Waals surface area contributed by atoms with E-state index >= 15 is 0 Å². The minimum Gasteiger partial charge on any atom is -0.321 e.